The number of imidazole rings is 1. The van der Waals surface area contributed by atoms with Crippen molar-refractivity contribution in [2.45, 2.75) is 0 Å². The van der Waals surface area contributed by atoms with Crippen molar-refractivity contribution in [1.29, 1.82) is 0 Å². The summed E-state index contributed by atoms with van der Waals surface area (Å²) in [5, 5.41) is 0. The second-order valence-corrected chi connectivity index (χ2v) is 7.93. The Kier molecular flexibility index (Phi) is 6.82. The highest BCUT2D eigenvalue weighted by Gasteiger charge is 2.06. The summed E-state index contributed by atoms with van der Waals surface area (Å²) in [5.74, 6) is 0.824. The van der Waals surface area contributed by atoms with Crippen LogP contribution in [-0.2, 0) is 0 Å². The molecular weight excluding hydrogens is 428 g/mol. The van der Waals surface area contributed by atoms with Crippen molar-refractivity contribution < 1.29 is 0 Å². The Morgan fingerprint density at radius 3 is 1.80 bits per heavy atom. The third kappa shape index (κ3) is 5.95. The van der Waals surface area contributed by atoms with Gasteiger partial charge in [0.15, 0.2) is 0 Å². The van der Waals surface area contributed by atoms with Crippen LogP contribution in [-0.4, -0.2) is 22.4 Å². The van der Waals surface area contributed by atoms with Crippen LogP contribution < -0.4 is 0 Å². The van der Waals surface area contributed by atoms with Gasteiger partial charge in [-0.3, -0.25) is 9.98 Å². The molecule has 4 nitrogen and oxygen atoms in total. The summed E-state index contributed by atoms with van der Waals surface area (Å²) < 4.78 is 0. The average Bonchev–Trinajstić information content (AvgIpc) is 3.34. The third-order valence-corrected chi connectivity index (χ3v) is 5.40. The fourth-order valence-electron chi connectivity index (χ4n) is 3.61. The fourth-order valence-corrected chi connectivity index (χ4v) is 3.61. The van der Waals surface area contributed by atoms with Crippen LogP contribution in [0, 0.1) is 0 Å². The molecule has 0 bridgehead atoms. The number of nitrogens with zero attached hydrogens (tertiary/aromatic N) is 3. The first-order chi connectivity index (χ1) is 17.3. The molecule has 1 N–H and O–H groups in total. The molecule has 0 amide bonds. The van der Waals surface area contributed by atoms with Gasteiger partial charge in [-0.1, -0.05) is 72.8 Å². The van der Waals surface area contributed by atoms with Gasteiger partial charge < -0.3 is 4.98 Å². The Morgan fingerprint density at radius 1 is 0.600 bits per heavy atom. The summed E-state index contributed by atoms with van der Waals surface area (Å²) in [6.07, 6.45) is 11.6. The summed E-state index contributed by atoms with van der Waals surface area (Å²) in [6.45, 7) is 0. The molecule has 0 saturated carbocycles. The maximum absolute atomic E-state index is 4.73. The van der Waals surface area contributed by atoms with E-state index in [0.717, 1.165) is 44.9 Å². The van der Waals surface area contributed by atoms with Gasteiger partial charge in [0.2, 0.25) is 0 Å². The molecule has 0 unspecified atom stereocenters. The summed E-state index contributed by atoms with van der Waals surface area (Å²) in [4.78, 5) is 17.2. The largest absolute Gasteiger partial charge is 0.338 e. The van der Waals surface area contributed by atoms with E-state index in [9.17, 15) is 0 Å². The number of aromatic nitrogens is 2. The molecule has 0 saturated heterocycles. The molecule has 1 aromatic heterocycles. The fraction of sp³-hybridized carbons (Fsp3) is 0. The maximum Gasteiger partial charge on any atom is 0.138 e. The molecule has 0 radical (unpaired) electrons. The van der Waals surface area contributed by atoms with Gasteiger partial charge in [-0.2, -0.15) is 0 Å². The molecule has 5 aromatic rings. The Labute approximate surface area is 204 Å². The van der Waals surface area contributed by atoms with Gasteiger partial charge in [0.25, 0.3) is 0 Å². The number of fused-ring (bicyclic) bond motifs is 1. The number of aliphatic imine (C=N–C) groups is 2. The zero-order chi connectivity index (χ0) is 23.7. The molecule has 0 aliphatic heterocycles. The number of rotatable bonds is 7. The van der Waals surface area contributed by atoms with Crippen LogP contribution in [0.1, 0.15) is 11.1 Å². The minimum atomic E-state index is 0.824. The normalized spacial score (nSPS) is 12.1. The molecule has 1 heterocycles. The molecule has 4 heteroatoms. The van der Waals surface area contributed by atoms with Crippen LogP contribution in [0.4, 0.5) is 11.4 Å². The van der Waals surface area contributed by atoms with Gasteiger partial charge >= 0.3 is 0 Å². The van der Waals surface area contributed by atoms with Crippen molar-refractivity contribution in [2.75, 3.05) is 0 Å². The smallest absolute Gasteiger partial charge is 0.138 e. The highest BCUT2D eigenvalue weighted by Crippen LogP contribution is 2.25. The van der Waals surface area contributed by atoms with Crippen LogP contribution in [0.3, 0.4) is 0 Å². The summed E-state index contributed by atoms with van der Waals surface area (Å²) in [5.41, 5.74) is 6.93. The summed E-state index contributed by atoms with van der Waals surface area (Å²) in [7, 11) is 0. The molecule has 35 heavy (non-hydrogen) atoms. The number of hydrogen-bond acceptors (Lipinski definition) is 3. The summed E-state index contributed by atoms with van der Waals surface area (Å²) >= 11 is 0. The van der Waals surface area contributed by atoms with Gasteiger partial charge in [-0.05, 0) is 65.7 Å². The standard InChI is InChI=1S/C31H24N4/c1-3-9-24(10-4-1)13-7-21-32-27-17-15-26(16-18-27)31-34-29-20-19-28(23-30(29)35-31)33-22-8-14-25-11-5-2-6-12-25/h1-23H,(H,34,35). The first kappa shape index (κ1) is 22.0. The van der Waals surface area contributed by atoms with Crippen LogP contribution in [0.2, 0.25) is 0 Å². The Balaban J connectivity index is 1.25. The molecule has 0 spiro atoms. The molecule has 0 atom stereocenters. The minimum Gasteiger partial charge on any atom is -0.338 e. The lowest BCUT2D eigenvalue weighted by molar-refractivity contribution is 1.33. The van der Waals surface area contributed by atoms with Crippen molar-refractivity contribution in [1.82, 2.24) is 9.97 Å². The summed E-state index contributed by atoms with van der Waals surface area (Å²) in [6, 6.07) is 34.3. The number of aromatic amines is 1. The first-order valence-corrected chi connectivity index (χ1v) is 11.5. The second-order valence-electron chi connectivity index (χ2n) is 7.93. The molecule has 0 fully saturated rings. The zero-order valence-corrected chi connectivity index (χ0v) is 19.1. The molecular formula is C31H24N4. The van der Waals surface area contributed by atoms with Gasteiger partial charge in [-0.25, -0.2) is 4.98 Å². The maximum atomic E-state index is 4.73. The van der Waals surface area contributed by atoms with Gasteiger partial charge in [0.1, 0.15) is 5.82 Å². The third-order valence-electron chi connectivity index (χ3n) is 5.40. The van der Waals surface area contributed by atoms with Crippen LogP contribution in [0.25, 0.3) is 34.6 Å². The van der Waals surface area contributed by atoms with Crippen molar-refractivity contribution in [2.24, 2.45) is 9.98 Å². The average molecular weight is 453 g/mol. The predicted molar refractivity (Wildman–Crippen MR) is 149 cm³/mol. The van der Waals surface area contributed by atoms with E-state index < -0.39 is 0 Å². The monoisotopic (exact) mass is 452 g/mol. The van der Waals surface area contributed by atoms with Gasteiger partial charge in [0, 0.05) is 18.0 Å². The van der Waals surface area contributed by atoms with E-state index >= 15 is 0 Å². The van der Waals surface area contributed by atoms with Crippen LogP contribution >= 0.6 is 0 Å². The van der Waals surface area contributed by atoms with E-state index in [1.54, 1.807) is 12.4 Å². The SMILES string of the molecule is C(=Cc1ccccc1)C=Nc1ccc(-c2nc3ccc(N=CC=Cc4ccccc4)cc3[nH]2)cc1. The van der Waals surface area contributed by atoms with E-state index in [1.165, 1.54) is 0 Å². The Morgan fingerprint density at radius 2 is 1.17 bits per heavy atom. The van der Waals surface area contributed by atoms with Crippen molar-refractivity contribution in [3.05, 3.63) is 126 Å². The Hall–Kier alpha value is -4.83. The molecule has 0 aliphatic carbocycles. The molecule has 5 rings (SSSR count). The number of H-pyrrole nitrogens is 1. The predicted octanol–water partition coefficient (Wildman–Crippen LogP) is 8.06. The molecule has 0 aliphatic rings. The van der Waals surface area contributed by atoms with E-state index in [0.29, 0.717) is 0 Å². The lowest BCUT2D eigenvalue weighted by atomic mass is 10.2. The van der Waals surface area contributed by atoms with E-state index in [1.807, 2.05) is 103 Å². The van der Waals surface area contributed by atoms with Crippen molar-refractivity contribution in [3.8, 4) is 11.4 Å². The highest BCUT2D eigenvalue weighted by molar-refractivity contribution is 5.85. The molecule has 4 aromatic carbocycles. The van der Waals surface area contributed by atoms with Gasteiger partial charge in [-0.15, -0.1) is 0 Å². The lowest BCUT2D eigenvalue weighted by Crippen LogP contribution is -1.79. The van der Waals surface area contributed by atoms with Crippen molar-refractivity contribution >= 4 is 47.0 Å². The van der Waals surface area contributed by atoms with Crippen LogP contribution in [0.15, 0.2) is 125 Å². The van der Waals surface area contributed by atoms with E-state index in [-0.39, 0.29) is 0 Å². The van der Waals surface area contributed by atoms with Gasteiger partial charge in [0.05, 0.1) is 22.4 Å². The highest BCUT2D eigenvalue weighted by atomic mass is 14.9. The van der Waals surface area contributed by atoms with E-state index in [4.69, 9.17) is 4.98 Å². The first-order valence-electron chi connectivity index (χ1n) is 11.5. The van der Waals surface area contributed by atoms with Crippen molar-refractivity contribution in [3.63, 3.8) is 0 Å². The number of nitrogens with one attached hydrogen (secondary N) is 1. The Bertz CT molecular complexity index is 1510. The molecule has 168 valence electrons. The number of allylic oxidation sites excluding steroid dienone is 2. The lowest BCUT2D eigenvalue weighted by Gasteiger charge is -1.97. The topological polar surface area (TPSA) is 53.4 Å². The van der Waals surface area contributed by atoms with Crippen LogP contribution in [0.5, 0.6) is 0 Å². The van der Waals surface area contributed by atoms with E-state index in [2.05, 4.69) is 39.2 Å². The minimum absolute atomic E-state index is 0.824. The quantitative estimate of drug-likeness (QED) is 0.249. The number of benzene rings is 4. The zero-order valence-electron chi connectivity index (χ0n) is 19.1. The number of hydrogen-bond donors (Lipinski definition) is 1. The second kappa shape index (κ2) is 10.9.